The Bertz CT molecular complexity index is 360. The lowest BCUT2D eigenvalue weighted by atomic mass is 10.0. The molecule has 2 heterocycles. The summed E-state index contributed by atoms with van der Waals surface area (Å²) in [6, 6.07) is 0.693. The molecule has 1 aliphatic heterocycles. The maximum Gasteiger partial charge on any atom is 0.169 e. The van der Waals surface area contributed by atoms with E-state index in [1.54, 1.807) is 0 Å². The van der Waals surface area contributed by atoms with Gasteiger partial charge in [0.25, 0.3) is 0 Å². The number of hydrogen-bond acceptors (Lipinski definition) is 4. The van der Waals surface area contributed by atoms with Crippen LogP contribution in [-0.4, -0.2) is 39.5 Å². The Kier molecular flexibility index (Phi) is 3.99. The van der Waals surface area contributed by atoms with Gasteiger partial charge in [-0.1, -0.05) is 18.6 Å². The van der Waals surface area contributed by atoms with E-state index in [0.717, 1.165) is 25.1 Å². The topological polar surface area (TPSA) is 60.0 Å². The summed E-state index contributed by atoms with van der Waals surface area (Å²) in [6.07, 6.45) is 6.05. The smallest absolute Gasteiger partial charge is 0.169 e. The first-order valence-electron chi connectivity index (χ1n) is 6.60. The first-order valence-corrected chi connectivity index (χ1v) is 6.60. The maximum atomic E-state index is 5.78. The molecule has 5 heteroatoms. The zero-order chi connectivity index (χ0) is 12.3. The van der Waals surface area contributed by atoms with Crippen molar-refractivity contribution in [3.05, 3.63) is 5.69 Å². The van der Waals surface area contributed by atoms with Gasteiger partial charge in [-0.05, 0) is 39.3 Å². The van der Waals surface area contributed by atoms with Crippen LogP contribution in [0.1, 0.15) is 38.3 Å². The number of rotatable bonds is 4. The first-order chi connectivity index (χ1) is 8.22. The number of nitrogen functional groups attached to an aromatic ring is 1. The van der Waals surface area contributed by atoms with Gasteiger partial charge in [0.1, 0.15) is 0 Å². The minimum Gasteiger partial charge on any atom is -0.381 e. The van der Waals surface area contributed by atoms with Crippen LogP contribution in [0.4, 0.5) is 5.82 Å². The highest BCUT2D eigenvalue weighted by molar-refractivity contribution is 5.32. The minimum absolute atomic E-state index is 0.587. The summed E-state index contributed by atoms with van der Waals surface area (Å²) < 4.78 is 1.97. The van der Waals surface area contributed by atoms with E-state index in [2.05, 4.69) is 29.2 Å². The molecule has 1 aromatic rings. The average Bonchev–Trinajstić information content (AvgIpc) is 2.69. The van der Waals surface area contributed by atoms with Gasteiger partial charge in [0, 0.05) is 12.6 Å². The summed E-state index contributed by atoms with van der Waals surface area (Å²) in [7, 11) is 2.22. The fourth-order valence-corrected chi connectivity index (χ4v) is 2.67. The van der Waals surface area contributed by atoms with Crippen molar-refractivity contribution < 1.29 is 0 Å². The second kappa shape index (κ2) is 5.49. The number of anilines is 1. The van der Waals surface area contributed by atoms with Gasteiger partial charge in [-0.15, -0.1) is 5.10 Å². The largest absolute Gasteiger partial charge is 0.381 e. The molecule has 5 nitrogen and oxygen atoms in total. The molecule has 0 radical (unpaired) electrons. The Labute approximate surface area is 103 Å². The van der Waals surface area contributed by atoms with Crippen LogP contribution in [0.15, 0.2) is 0 Å². The second-order valence-electron chi connectivity index (χ2n) is 4.92. The average molecular weight is 237 g/mol. The molecular formula is C12H23N5. The van der Waals surface area contributed by atoms with E-state index >= 15 is 0 Å². The predicted molar refractivity (Wildman–Crippen MR) is 68.7 cm³/mol. The van der Waals surface area contributed by atoms with Crippen molar-refractivity contribution in [2.24, 2.45) is 0 Å². The number of piperidine rings is 1. The lowest BCUT2D eigenvalue weighted by molar-refractivity contribution is 0.169. The molecule has 96 valence electrons. The third kappa shape index (κ3) is 2.77. The molecule has 2 rings (SSSR count). The highest BCUT2D eigenvalue weighted by atomic mass is 15.4. The Morgan fingerprint density at radius 1 is 1.41 bits per heavy atom. The molecule has 0 spiro atoms. The molecule has 0 saturated carbocycles. The fraction of sp³-hybridized carbons (Fsp3) is 0.833. The molecule has 2 N–H and O–H groups in total. The van der Waals surface area contributed by atoms with Crippen molar-refractivity contribution in [3.63, 3.8) is 0 Å². The van der Waals surface area contributed by atoms with E-state index in [1.807, 2.05) is 4.68 Å². The van der Waals surface area contributed by atoms with E-state index in [-0.39, 0.29) is 0 Å². The lowest BCUT2D eigenvalue weighted by Crippen LogP contribution is -2.37. The van der Waals surface area contributed by atoms with Crippen LogP contribution in [0.3, 0.4) is 0 Å². The Morgan fingerprint density at radius 3 is 2.94 bits per heavy atom. The van der Waals surface area contributed by atoms with Crippen LogP contribution in [-0.2, 0) is 13.0 Å². The zero-order valence-corrected chi connectivity index (χ0v) is 10.9. The Balaban J connectivity index is 1.92. The van der Waals surface area contributed by atoms with Gasteiger partial charge in [0.05, 0.1) is 5.69 Å². The van der Waals surface area contributed by atoms with Crippen LogP contribution in [0.5, 0.6) is 0 Å². The van der Waals surface area contributed by atoms with E-state index in [4.69, 9.17) is 5.73 Å². The van der Waals surface area contributed by atoms with Gasteiger partial charge in [0.15, 0.2) is 5.82 Å². The molecule has 17 heavy (non-hydrogen) atoms. The third-order valence-corrected chi connectivity index (χ3v) is 3.80. The standard InChI is InChI=1S/C12H23N5/c1-3-11-12(13)14-15-17(11)9-7-10-6-4-5-8-16(10)2/h10H,3-9,13H2,1-2H3. The number of likely N-dealkylation sites (tertiary alicyclic amines) is 1. The van der Waals surface area contributed by atoms with Crippen molar-refractivity contribution in [1.29, 1.82) is 0 Å². The van der Waals surface area contributed by atoms with Crippen molar-refractivity contribution in [1.82, 2.24) is 19.9 Å². The normalized spacial score (nSPS) is 21.9. The van der Waals surface area contributed by atoms with Crippen molar-refractivity contribution in [3.8, 4) is 0 Å². The van der Waals surface area contributed by atoms with E-state index in [1.165, 1.54) is 25.8 Å². The molecule has 0 aliphatic carbocycles. The SMILES string of the molecule is CCc1c(N)nnn1CCC1CCCCN1C. The quantitative estimate of drug-likeness (QED) is 0.857. The number of aryl methyl sites for hydroxylation is 1. The van der Waals surface area contributed by atoms with Gasteiger partial charge < -0.3 is 10.6 Å². The van der Waals surface area contributed by atoms with Gasteiger partial charge in [-0.2, -0.15) is 0 Å². The van der Waals surface area contributed by atoms with Gasteiger partial charge in [-0.25, -0.2) is 4.68 Å². The second-order valence-corrected chi connectivity index (χ2v) is 4.92. The Morgan fingerprint density at radius 2 is 2.24 bits per heavy atom. The monoisotopic (exact) mass is 237 g/mol. The van der Waals surface area contributed by atoms with E-state index in [0.29, 0.717) is 11.9 Å². The lowest BCUT2D eigenvalue weighted by Gasteiger charge is -2.32. The van der Waals surface area contributed by atoms with E-state index < -0.39 is 0 Å². The number of nitrogens with zero attached hydrogens (tertiary/aromatic N) is 4. The van der Waals surface area contributed by atoms with Crippen molar-refractivity contribution in [2.75, 3.05) is 19.3 Å². The van der Waals surface area contributed by atoms with Gasteiger partial charge in [0.2, 0.25) is 0 Å². The highest BCUT2D eigenvalue weighted by Gasteiger charge is 2.19. The number of hydrogen-bond donors (Lipinski definition) is 1. The van der Waals surface area contributed by atoms with Crippen LogP contribution in [0, 0.1) is 0 Å². The molecule has 1 atom stereocenters. The van der Waals surface area contributed by atoms with Crippen LogP contribution < -0.4 is 5.73 Å². The van der Waals surface area contributed by atoms with E-state index in [9.17, 15) is 0 Å². The summed E-state index contributed by atoms with van der Waals surface area (Å²) in [5.41, 5.74) is 6.86. The molecule has 0 amide bonds. The van der Waals surface area contributed by atoms with Gasteiger partial charge in [-0.3, -0.25) is 0 Å². The summed E-state index contributed by atoms with van der Waals surface area (Å²) in [4.78, 5) is 2.47. The zero-order valence-electron chi connectivity index (χ0n) is 10.9. The molecule has 1 fully saturated rings. The summed E-state index contributed by atoms with van der Waals surface area (Å²) in [5, 5.41) is 8.07. The molecule has 1 aliphatic rings. The van der Waals surface area contributed by atoms with Gasteiger partial charge >= 0.3 is 0 Å². The molecule has 1 saturated heterocycles. The van der Waals surface area contributed by atoms with Crippen LogP contribution in [0.2, 0.25) is 0 Å². The van der Waals surface area contributed by atoms with Crippen LogP contribution in [0.25, 0.3) is 0 Å². The summed E-state index contributed by atoms with van der Waals surface area (Å²) >= 11 is 0. The first kappa shape index (κ1) is 12.4. The van der Waals surface area contributed by atoms with Crippen molar-refractivity contribution in [2.45, 2.75) is 51.6 Å². The molecule has 1 unspecified atom stereocenters. The maximum absolute atomic E-state index is 5.78. The molecule has 1 aromatic heterocycles. The minimum atomic E-state index is 0.587. The Hall–Kier alpha value is -1.10. The predicted octanol–water partition coefficient (Wildman–Crippen LogP) is 1.30. The fourth-order valence-electron chi connectivity index (χ4n) is 2.67. The molecular weight excluding hydrogens is 214 g/mol. The third-order valence-electron chi connectivity index (χ3n) is 3.80. The molecule has 0 bridgehead atoms. The summed E-state index contributed by atoms with van der Waals surface area (Å²) in [6.45, 7) is 4.26. The molecule has 0 aromatic carbocycles. The number of aromatic nitrogens is 3. The highest BCUT2D eigenvalue weighted by Crippen LogP contribution is 2.19. The number of nitrogens with two attached hydrogens (primary N) is 1. The van der Waals surface area contributed by atoms with Crippen LogP contribution >= 0.6 is 0 Å². The summed E-state index contributed by atoms with van der Waals surface area (Å²) in [5.74, 6) is 0.587. The van der Waals surface area contributed by atoms with Crippen molar-refractivity contribution >= 4 is 5.82 Å².